The Hall–Kier alpha value is -3.20. The van der Waals surface area contributed by atoms with Crippen molar-refractivity contribution in [1.29, 1.82) is 0 Å². The van der Waals surface area contributed by atoms with E-state index in [0.717, 1.165) is 11.1 Å². The fourth-order valence-corrected chi connectivity index (χ4v) is 5.79. The van der Waals surface area contributed by atoms with E-state index < -0.39 is 11.7 Å². The monoisotopic (exact) mass is 432 g/mol. The van der Waals surface area contributed by atoms with Gasteiger partial charge in [0.15, 0.2) is 0 Å². The molecule has 6 rings (SSSR count). The fraction of sp³-hybridized carbons (Fsp3) is 0.226. The highest BCUT2D eigenvalue weighted by molar-refractivity contribution is 5.88. The molecule has 33 heavy (non-hydrogen) atoms. The van der Waals surface area contributed by atoms with E-state index in [4.69, 9.17) is 4.74 Å². The van der Waals surface area contributed by atoms with Crippen molar-refractivity contribution in [2.45, 2.75) is 37.6 Å². The van der Waals surface area contributed by atoms with Gasteiger partial charge in [-0.1, -0.05) is 110 Å². The molecule has 4 aromatic carbocycles. The lowest BCUT2D eigenvalue weighted by Gasteiger charge is -2.46. The highest BCUT2D eigenvalue weighted by Gasteiger charge is 2.47. The molecule has 0 saturated carbocycles. The van der Waals surface area contributed by atoms with Crippen LogP contribution >= 0.6 is 0 Å². The molecule has 2 aliphatic rings. The highest BCUT2D eigenvalue weighted by Crippen LogP contribution is 2.53. The van der Waals surface area contributed by atoms with E-state index >= 15 is 0 Å². The minimum absolute atomic E-state index is 0.0802. The molecule has 2 heteroatoms. The number of rotatable bonds is 2. The van der Waals surface area contributed by atoms with Gasteiger partial charge in [-0.05, 0) is 45.5 Å². The first kappa shape index (κ1) is 20.4. The molecule has 0 aromatic heterocycles. The summed E-state index contributed by atoms with van der Waals surface area (Å²) in [5.41, 5.74) is 4.59. The molecular formula is C31H28O2. The normalized spacial score (nSPS) is 25.4. The second-order valence-electron chi connectivity index (χ2n) is 9.61. The van der Waals surface area contributed by atoms with Crippen LogP contribution in [0, 0.1) is 5.92 Å². The molecule has 0 bridgehead atoms. The van der Waals surface area contributed by atoms with E-state index in [1.54, 1.807) is 0 Å². The Kier molecular flexibility index (Phi) is 4.76. The van der Waals surface area contributed by atoms with Gasteiger partial charge in [0, 0.05) is 11.8 Å². The van der Waals surface area contributed by atoms with Crippen LogP contribution in [-0.4, -0.2) is 11.2 Å². The number of fused-ring (bicyclic) bond motifs is 7. The summed E-state index contributed by atoms with van der Waals surface area (Å²) in [4.78, 5) is 0. The van der Waals surface area contributed by atoms with E-state index in [9.17, 15) is 5.11 Å². The zero-order chi connectivity index (χ0) is 22.6. The van der Waals surface area contributed by atoms with Gasteiger partial charge in [-0.3, -0.25) is 0 Å². The molecule has 5 atom stereocenters. The van der Waals surface area contributed by atoms with Crippen molar-refractivity contribution in [2.75, 3.05) is 0 Å². The van der Waals surface area contributed by atoms with Crippen LogP contribution in [0.25, 0.3) is 16.8 Å². The maximum absolute atomic E-state index is 11.9. The van der Waals surface area contributed by atoms with Crippen LogP contribution in [0.2, 0.25) is 0 Å². The summed E-state index contributed by atoms with van der Waals surface area (Å²) >= 11 is 0. The van der Waals surface area contributed by atoms with Gasteiger partial charge in [0.1, 0.15) is 11.7 Å². The Labute approximate surface area is 195 Å². The maximum atomic E-state index is 11.9. The molecular weight excluding hydrogens is 404 g/mol. The SMILES string of the molecule is C[C@H]1C=Cc2ccccc2C2c3c(ccc4ccccc34)[C@H](C(C)(O)c3ccccc3)O[C@@H]21. The molecule has 4 aromatic rings. The minimum atomic E-state index is -1.17. The fourth-order valence-electron chi connectivity index (χ4n) is 5.79. The van der Waals surface area contributed by atoms with Crippen molar-refractivity contribution in [3.8, 4) is 0 Å². The van der Waals surface area contributed by atoms with Crippen LogP contribution in [0.15, 0.2) is 97.1 Å². The smallest absolute Gasteiger partial charge is 0.117 e. The Balaban J connectivity index is 1.65. The van der Waals surface area contributed by atoms with Gasteiger partial charge >= 0.3 is 0 Å². The van der Waals surface area contributed by atoms with Crippen LogP contribution in [0.1, 0.15) is 53.7 Å². The van der Waals surface area contributed by atoms with Gasteiger partial charge in [-0.15, -0.1) is 0 Å². The van der Waals surface area contributed by atoms with Crippen molar-refractivity contribution in [2.24, 2.45) is 5.92 Å². The molecule has 1 aliphatic heterocycles. The van der Waals surface area contributed by atoms with E-state index in [0.29, 0.717) is 0 Å². The first-order valence-electron chi connectivity index (χ1n) is 11.8. The van der Waals surface area contributed by atoms with Gasteiger partial charge in [0.2, 0.25) is 0 Å². The molecule has 0 saturated heterocycles. The van der Waals surface area contributed by atoms with Crippen LogP contribution in [0.4, 0.5) is 0 Å². The number of aliphatic hydroxyl groups is 1. The molecule has 0 spiro atoms. The predicted molar refractivity (Wildman–Crippen MR) is 134 cm³/mol. The van der Waals surface area contributed by atoms with E-state index in [1.165, 1.54) is 27.5 Å². The van der Waals surface area contributed by atoms with Crippen molar-refractivity contribution in [3.63, 3.8) is 0 Å². The quantitative estimate of drug-likeness (QED) is 0.370. The average molecular weight is 433 g/mol. The molecule has 1 N–H and O–H groups in total. The Morgan fingerprint density at radius 3 is 2.36 bits per heavy atom. The first-order valence-corrected chi connectivity index (χ1v) is 11.8. The van der Waals surface area contributed by atoms with Crippen molar-refractivity contribution >= 4 is 16.8 Å². The molecule has 0 radical (unpaired) electrons. The summed E-state index contributed by atoms with van der Waals surface area (Å²) in [6.45, 7) is 4.11. The van der Waals surface area contributed by atoms with E-state index in [1.807, 2.05) is 37.3 Å². The predicted octanol–water partition coefficient (Wildman–Crippen LogP) is 6.98. The largest absolute Gasteiger partial charge is 0.382 e. The molecule has 2 nitrogen and oxygen atoms in total. The van der Waals surface area contributed by atoms with Crippen LogP contribution in [0.3, 0.4) is 0 Å². The van der Waals surface area contributed by atoms with Crippen molar-refractivity contribution in [1.82, 2.24) is 0 Å². The van der Waals surface area contributed by atoms with Gasteiger partial charge < -0.3 is 9.84 Å². The first-order chi connectivity index (χ1) is 16.1. The summed E-state index contributed by atoms with van der Waals surface area (Å²) in [6, 6.07) is 31.5. The Bertz CT molecular complexity index is 1350. The Morgan fingerprint density at radius 1 is 0.788 bits per heavy atom. The van der Waals surface area contributed by atoms with E-state index in [2.05, 4.69) is 79.7 Å². The highest BCUT2D eigenvalue weighted by atomic mass is 16.5. The lowest BCUT2D eigenvalue weighted by molar-refractivity contribution is -0.154. The van der Waals surface area contributed by atoms with Gasteiger partial charge in [-0.2, -0.15) is 0 Å². The molecule has 0 fully saturated rings. The van der Waals surface area contributed by atoms with E-state index in [-0.39, 0.29) is 17.9 Å². The lowest BCUT2D eigenvalue weighted by atomic mass is 9.72. The minimum Gasteiger partial charge on any atom is -0.382 e. The van der Waals surface area contributed by atoms with Gasteiger partial charge in [0.25, 0.3) is 0 Å². The number of hydrogen-bond donors (Lipinski definition) is 1. The standard InChI is InChI=1S/C31H28O2/c1-20-16-17-21-10-7-9-15-25(21)28-27-24-14-8-6-11-22(24)18-19-26(27)30(33-29(20)28)31(2,32)23-12-4-3-5-13-23/h3-20,28-30,32H,1-2H3/t20-,28?,29+,30+,31?/m0/s1. The topological polar surface area (TPSA) is 29.5 Å². The van der Waals surface area contributed by atoms with Crippen molar-refractivity contribution in [3.05, 3.63) is 125 Å². The zero-order valence-electron chi connectivity index (χ0n) is 19.0. The second-order valence-corrected chi connectivity index (χ2v) is 9.61. The average Bonchev–Trinajstić information content (AvgIpc) is 3.00. The van der Waals surface area contributed by atoms with Crippen LogP contribution in [0.5, 0.6) is 0 Å². The van der Waals surface area contributed by atoms with Gasteiger partial charge in [-0.25, -0.2) is 0 Å². The Morgan fingerprint density at radius 2 is 1.52 bits per heavy atom. The molecule has 1 heterocycles. The third kappa shape index (κ3) is 3.17. The third-order valence-electron chi connectivity index (χ3n) is 7.52. The maximum Gasteiger partial charge on any atom is 0.117 e. The number of ether oxygens (including phenoxy) is 1. The number of benzene rings is 4. The lowest BCUT2D eigenvalue weighted by Crippen LogP contribution is -2.43. The molecule has 0 amide bonds. The molecule has 164 valence electrons. The van der Waals surface area contributed by atoms with Gasteiger partial charge in [0.05, 0.1) is 6.10 Å². The third-order valence-corrected chi connectivity index (χ3v) is 7.52. The summed E-state index contributed by atoms with van der Waals surface area (Å²) in [7, 11) is 0. The number of hydrogen-bond acceptors (Lipinski definition) is 2. The summed E-state index contributed by atoms with van der Waals surface area (Å²) in [5, 5.41) is 14.4. The summed E-state index contributed by atoms with van der Waals surface area (Å²) < 4.78 is 6.93. The van der Waals surface area contributed by atoms with Crippen molar-refractivity contribution < 1.29 is 9.84 Å². The summed E-state index contributed by atoms with van der Waals surface area (Å²) in [6.07, 6.45) is 3.94. The molecule has 1 aliphatic carbocycles. The summed E-state index contributed by atoms with van der Waals surface area (Å²) in [5.74, 6) is 0.290. The molecule has 2 unspecified atom stereocenters. The van der Waals surface area contributed by atoms with Crippen LogP contribution < -0.4 is 0 Å². The zero-order valence-corrected chi connectivity index (χ0v) is 19.0. The second kappa shape index (κ2) is 7.69. The van der Waals surface area contributed by atoms with Crippen LogP contribution in [-0.2, 0) is 10.3 Å².